The van der Waals surface area contributed by atoms with Gasteiger partial charge in [-0.25, -0.2) is 9.78 Å². The van der Waals surface area contributed by atoms with E-state index in [4.69, 9.17) is 4.74 Å². The first kappa shape index (κ1) is 17.0. The fourth-order valence-corrected chi connectivity index (χ4v) is 3.14. The van der Waals surface area contributed by atoms with Gasteiger partial charge in [-0.1, -0.05) is 19.3 Å². The molecule has 0 spiro atoms. The molecule has 1 saturated carbocycles. The summed E-state index contributed by atoms with van der Waals surface area (Å²) in [6.45, 7) is 1.89. The van der Waals surface area contributed by atoms with E-state index in [-0.39, 0.29) is 11.6 Å². The van der Waals surface area contributed by atoms with E-state index in [9.17, 15) is 18.0 Å². The molecule has 132 valence electrons. The van der Waals surface area contributed by atoms with Crippen molar-refractivity contribution in [2.24, 2.45) is 11.8 Å². The summed E-state index contributed by atoms with van der Waals surface area (Å²) >= 11 is 0. The fraction of sp³-hybridized carbons (Fsp3) is 0.625. The Kier molecular flexibility index (Phi) is 4.93. The van der Waals surface area contributed by atoms with E-state index in [1.165, 1.54) is 18.6 Å². The summed E-state index contributed by atoms with van der Waals surface area (Å²) in [5.41, 5.74) is -1.40. The van der Waals surface area contributed by atoms with Crippen LogP contribution < -0.4 is 5.32 Å². The van der Waals surface area contributed by atoms with Gasteiger partial charge in [0.1, 0.15) is 0 Å². The summed E-state index contributed by atoms with van der Waals surface area (Å²) in [4.78, 5) is 17.3. The lowest BCUT2D eigenvalue weighted by Gasteiger charge is -2.34. The zero-order chi connectivity index (χ0) is 17.2. The first-order chi connectivity index (χ1) is 11.4. The standard InChI is InChI=1S/C16H20F3N3O2/c17-16(18,19)14-13(5-2-6-20-14)21-15(23)22-7-8-24-10-12(9-22)11-3-1-4-11/h2,5-6,11-12H,1,3-4,7-10H2,(H,21,23). The van der Waals surface area contributed by atoms with Crippen LogP contribution in [0.4, 0.5) is 23.7 Å². The van der Waals surface area contributed by atoms with Gasteiger partial charge in [0.15, 0.2) is 5.69 Å². The van der Waals surface area contributed by atoms with Crippen LogP contribution in [0, 0.1) is 11.8 Å². The number of urea groups is 1. The third-order valence-electron chi connectivity index (χ3n) is 4.71. The first-order valence-corrected chi connectivity index (χ1v) is 8.11. The second-order valence-electron chi connectivity index (χ2n) is 6.30. The van der Waals surface area contributed by atoms with Crippen molar-refractivity contribution in [3.63, 3.8) is 0 Å². The highest BCUT2D eigenvalue weighted by molar-refractivity contribution is 5.90. The van der Waals surface area contributed by atoms with E-state index in [0.717, 1.165) is 19.0 Å². The molecule has 1 aromatic heterocycles. The van der Waals surface area contributed by atoms with Crippen molar-refractivity contribution < 1.29 is 22.7 Å². The highest BCUT2D eigenvalue weighted by Gasteiger charge is 2.36. The summed E-state index contributed by atoms with van der Waals surface area (Å²) < 4.78 is 44.5. The molecule has 1 aliphatic carbocycles. The van der Waals surface area contributed by atoms with Gasteiger partial charge in [0.2, 0.25) is 0 Å². The molecule has 1 unspecified atom stereocenters. The van der Waals surface area contributed by atoms with Crippen molar-refractivity contribution in [1.29, 1.82) is 0 Å². The van der Waals surface area contributed by atoms with Gasteiger partial charge in [0, 0.05) is 25.2 Å². The number of aromatic nitrogens is 1. The molecule has 24 heavy (non-hydrogen) atoms. The lowest BCUT2D eigenvalue weighted by atomic mass is 9.76. The summed E-state index contributed by atoms with van der Waals surface area (Å²) in [6, 6.07) is 2.04. The number of nitrogens with one attached hydrogen (secondary N) is 1. The van der Waals surface area contributed by atoms with Crippen molar-refractivity contribution in [3.05, 3.63) is 24.0 Å². The third-order valence-corrected chi connectivity index (χ3v) is 4.71. The Hall–Kier alpha value is -1.83. The molecule has 3 rings (SSSR count). The quantitative estimate of drug-likeness (QED) is 0.896. The van der Waals surface area contributed by atoms with Crippen molar-refractivity contribution in [2.75, 3.05) is 31.6 Å². The van der Waals surface area contributed by atoms with Gasteiger partial charge in [0.25, 0.3) is 0 Å². The molecule has 2 fully saturated rings. The molecular formula is C16H20F3N3O2. The second-order valence-corrected chi connectivity index (χ2v) is 6.30. The molecule has 5 nitrogen and oxygen atoms in total. The van der Waals surface area contributed by atoms with E-state index in [2.05, 4.69) is 10.3 Å². The van der Waals surface area contributed by atoms with E-state index in [0.29, 0.717) is 32.2 Å². The van der Waals surface area contributed by atoms with Crippen LogP contribution in [-0.2, 0) is 10.9 Å². The van der Waals surface area contributed by atoms with Crippen LogP contribution in [0.3, 0.4) is 0 Å². The number of amides is 2. The molecule has 2 amide bonds. The number of hydrogen-bond acceptors (Lipinski definition) is 3. The van der Waals surface area contributed by atoms with Gasteiger partial charge in [-0.05, 0) is 18.1 Å². The molecule has 1 saturated heterocycles. The average Bonchev–Trinajstić information content (AvgIpc) is 2.71. The molecule has 1 atom stereocenters. The number of halogens is 3. The van der Waals surface area contributed by atoms with Crippen molar-refractivity contribution in [2.45, 2.75) is 25.4 Å². The van der Waals surface area contributed by atoms with Gasteiger partial charge >= 0.3 is 12.2 Å². The normalized spacial score (nSPS) is 22.6. The van der Waals surface area contributed by atoms with Crippen LogP contribution in [0.2, 0.25) is 0 Å². The average molecular weight is 343 g/mol. The zero-order valence-corrected chi connectivity index (χ0v) is 13.2. The second kappa shape index (κ2) is 6.96. The SMILES string of the molecule is O=C(Nc1cccnc1C(F)(F)F)N1CCOCC(C2CCC2)C1. The molecule has 8 heteroatoms. The van der Waals surface area contributed by atoms with Crippen molar-refractivity contribution >= 4 is 11.7 Å². The minimum atomic E-state index is -4.61. The van der Waals surface area contributed by atoms with E-state index in [1.54, 1.807) is 4.90 Å². The largest absolute Gasteiger partial charge is 0.435 e. The summed E-state index contributed by atoms with van der Waals surface area (Å²) in [6.07, 6.45) is -0.0995. The Labute approximate surface area is 138 Å². The lowest BCUT2D eigenvalue weighted by Crippen LogP contribution is -2.41. The zero-order valence-electron chi connectivity index (χ0n) is 13.2. The number of pyridine rings is 1. The lowest BCUT2D eigenvalue weighted by molar-refractivity contribution is -0.140. The van der Waals surface area contributed by atoms with Gasteiger partial charge < -0.3 is 15.0 Å². The minimum Gasteiger partial charge on any atom is -0.379 e. The maximum atomic E-state index is 13.0. The third kappa shape index (κ3) is 3.80. The van der Waals surface area contributed by atoms with Crippen LogP contribution >= 0.6 is 0 Å². The Morgan fingerprint density at radius 2 is 2.12 bits per heavy atom. The van der Waals surface area contributed by atoms with E-state index >= 15 is 0 Å². The predicted octanol–water partition coefficient (Wildman–Crippen LogP) is 3.38. The van der Waals surface area contributed by atoms with Gasteiger partial charge in [-0.3, -0.25) is 0 Å². The highest BCUT2D eigenvalue weighted by atomic mass is 19.4. The minimum absolute atomic E-state index is 0.253. The Morgan fingerprint density at radius 3 is 2.79 bits per heavy atom. The maximum absolute atomic E-state index is 13.0. The van der Waals surface area contributed by atoms with Crippen LogP contribution in [0.5, 0.6) is 0 Å². The number of carbonyl (C=O) groups is 1. The topological polar surface area (TPSA) is 54.5 Å². The fourth-order valence-electron chi connectivity index (χ4n) is 3.14. The number of hydrogen-bond donors (Lipinski definition) is 1. The van der Waals surface area contributed by atoms with Crippen LogP contribution in [0.15, 0.2) is 18.3 Å². The first-order valence-electron chi connectivity index (χ1n) is 8.11. The molecule has 2 aliphatic rings. The van der Waals surface area contributed by atoms with E-state index < -0.39 is 17.9 Å². The highest BCUT2D eigenvalue weighted by Crippen LogP contribution is 2.35. The van der Waals surface area contributed by atoms with Gasteiger partial charge in [0.05, 0.1) is 18.9 Å². The smallest absolute Gasteiger partial charge is 0.379 e. The molecule has 2 heterocycles. The molecule has 1 N–H and O–H groups in total. The number of rotatable bonds is 2. The van der Waals surface area contributed by atoms with Crippen molar-refractivity contribution in [3.8, 4) is 0 Å². The molecule has 0 radical (unpaired) electrons. The molecule has 0 bridgehead atoms. The summed E-state index contributed by atoms with van der Waals surface area (Å²) in [5.74, 6) is 0.797. The summed E-state index contributed by atoms with van der Waals surface area (Å²) in [7, 11) is 0. The number of anilines is 1. The van der Waals surface area contributed by atoms with Crippen LogP contribution in [0.25, 0.3) is 0 Å². The monoisotopic (exact) mass is 343 g/mol. The van der Waals surface area contributed by atoms with E-state index in [1.807, 2.05) is 0 Å². The molecule has 1 aliphatic heterocycles. The van der Waals surface area contributed by atoms with Crippen LogP contribution in [0.1, 0.15) is 25.0 Å². The molecular weight excluding hydrogens is 323 g/mol. The Bertz CT molecular complexity index is 590. The Balaban J connectivity index is 1.70. The van der Waals surface area contributed by atoms with Gasteiger partial charge in [-0.2, -0.15) is 13.2 Å². The molecule has 1 aromatic rings. The van der Waals surface area contributed by atoms with Gasteiger partial charge in [-0.15, -0.1) is 0 Å². The number of ether oxygens (including phenoxy) is 1. The van der Waals surface area contributed by atoms with Crippen molar-refractivity contribution in [1.82, 2.24) is 9.88 Å². The predicted molar refractivity (Wildman–Crippen MR) is 81.5 cm³/mol. The number of nitrogens with zero attached hydrogens (tertiary/aromatic N) is 2. The van der Waals surface area contributed by atoms with Crippen LogP contribution in [-0.4, -0.2) is 42.2 Å². The summed E-state index contributed by atoms with van der Waals surface area (Å²) in [5, 5.41) is 2.36. The number of carbonyl (C=O) groups excluding carboxylic acids is 1. The number of alkyl halides is 3. The molecule has 0 aromatic carbocycles. The maximum Gasteiger partial charge on any atom is 0.435 e. The Morgan fingerprint density at radius 1 is 1.33 bits per heavy atom.